The number of hydrogen-bond acceptors (Lipinski definition) is 6. The zero-order chi connectivity index (χ0) is 22.1. The number of nitrogens with zero attached hydrogens (tertiary/aromatic N) is 2. The number of benzene rings is 2. The molecule has 1 amide bonds. The van der Waals surface area contributed by atoms with Crippen molar-refractivity contribution in [1.29, 1.82) is 0 Å². The summed E-state index contributed by atoms with van der Waals surface area (Å²) in [7, 11) is 1.33. The largest absolute Gasteiger partial charge is 0.469 e. The Morgan fingerprint density at radius 2 is 1.80 bits per heavy atom. The van der Waals surface area contributed by atoms with Gasteiger partial charge in [0.15, 0.2) is 0 Å². The second-order valence-corrected chi connectivity index (χ2v) is 6.68. The third-order valence-electron chi connectivity index (χ3n) is 4.52. The number of nitrogens with two attached hydrogens (primary N) is 1. The zero-order valence-corrected chi connectivity index (χ0v) is 16.8. The Hall–Kier alpha value is -3.55. The average Bonchev–Trinajstić information content (AvgIpc) is 2.72. The third kappa shape index (κ3) is 5.97. The molecule has 0 atom stereocenters. The number of carbonyl (C=O) groups is 2. The number of ether oxygens (including phenoxy) is 1. The molecule has 158 valence electrons. The second-order valence-electron chi connectivity index (χ2n) is 6.68. The number of esters is 1. The van der Waals surface area contributed by atoms with Gasteiger partial charge in [0.2, 0.25) is 0 Å². The maximum Gasteiger partial charge on any atom is 0.305 e. The number of methoxy groups -OCH3 is 1. The first-order valence-electron chi connectivity index (χ1n) is 9.39. The summed E-state index contributed by atoms with van der Waals surface area (Å²) in [6, 6.07) is 10.1. The van der Waals surface area contributed by atoms with Crippen LogP contribution in [0, 0.1) is 10.7 Å². The van der Waals surface area contributed by atoms with Crippen molar-refractivity contribution in [3.63, 3.8) is 0 Å². The molecule has 0 aliphatic carbocycles. The molecule has 30 heavy (non-hydrogen) atoms. The lowest BCUT2D eigenvalue weighted by atomic mass is 10.1. The highest BCUT2D eigenvalue weighted by molar-refractivity contribution is 6.11. The van der Waals surface area contributed by atoms with E-state index in [9.17, 15) is 18.9 Å². The van der Waals surface area contributed by atoms with Crippen molar-refractivity contribution < 1.29 is 18.7 Å². The third-order valence-corrected chi connectivity index (χ3v) is 4.52. The molecule has 0 bridgehead atoms. The van der Waals surface area contributed by atoms with Crippen molar-refractivity contribution >= 4 is 23.3 Å². The summed E-state index contributed by atoms with van der Waals surface area (Å²) in [6.45, 7) is 3.96. The van der Waals surface area contributed by atoms with Crippen LogP contribution in [0.2, 0.25) is 0 Å². The van der Waals surface area contributed by atoms with E-state index in [0.717, 1.165) is 0 Å². The van der Waals surface area contributed by atoms with Crippen molar-refractivity contribution in [3.8, 4) is 0 Å². The lowest BCUT2D eigenvalue weighted by Crippen LogP contribution is -2.30. The topological polar surface area (TPSA) is 102 Å². The van der Waals surface area contributed by atoms with Gasteiger partial charge in [0.1, 0.15) is 12.4 Å². The van der Waals surface area contributed by atoms with Crippen LogP contribution >= 0.6 is 0 Å². The predicted octanol–water partition coefficient (Wildman–Crippen LogP) is 4.57. The fraction of sp³-hybridized carbons (Fsp3) is 0.273. The van der Waals surface area contributed by atoms with E-state index in [1.807, 2.05) is 0 Å². The van der Waals surface area contributed by atoms with Crippen LogP contribution in [0.1, 0.15) is 41.6 Å². The SMILES string of the molecule is C=C(CCCCC(=O)OC)N(C(=O)c1ccc(CN=O)cc1N)c1ccc(F)cc1. The van der Waals surface area contributed by atoms with Crippen molar-refractivity contribution in [2.45, 2.75) is 32.2 Å². The molecule has 0 aliphatic heterocycles. The lowest BCUT2D eigenvalue weighted by Gasteiger charge is -2.26. The molecule has 0 unspecified atom stereocenters. The Labute approximate surface area is 174 Å². The molecular weight excluding hydrogens is 389 g/mol. The molecule has 2 N–H and O–H groups in total. The van der Waals surface area contributed by atoms with Gasteiger partial charge in [-0.1, -0.05) is 17.8 Å². The van der Waals surface area contributed by atoms with Gasteiger partial charge in [-0.15, -0.1) is 0 Å². The number of halogens is 1. The van der Waals surface area contributed by atoms with E-state index < -0.39 is 11.7 Å². The van der Waals surface area contributed by atoms with Gasteiger partial charge >= 0.3 is 5.97 Å². The summed E-state index contributed by atoms with van der Waals surface area (Å²) in [5.41, 5.74) is 7.97. The minimum Gasteiger partial charge on any atom is -0.469 e. The monoisotopic (exact) mass is 413 g/mol. The Balaban J connectivity index is 2.26. The first kappa shape index (κ1) is 22.7. The van der Waals surface area contributed by atoms with Crippen LogP contribution in [0.3, 0.4) is 0 Å². The molecule has 2 aromatic rings. The second kappa shape index (κ2) is 10.8. The molecule has 0 radical (unpaired) electrons. The van der Waals surface area contributed by atoms with Gasteiger partial charge in [-0.2, -0.15) is 4.91 Å². The summed E-state index contributed by atoms with van der Waals surface area (Å²) in [5, 5.41) is 2.82. The first-order chi connectivity index (χ1) is 14.4. The van der Waals surface area contributed by atoms with Gasteiger partial charge in [0.05, 0.1) is 12.7 Å². The molecule has 0 saturated carbocycles. The highest BCUT2D eigenvalue weighted by atomic mass is 19.1. The molecule has 7 nitrogen and oxygen atoms in total. The number of amides is 1. The molecule has 2 aromatic carbocycles. The van der Waals surface area contributed by atoms with Gasteiger partial charge in [0, 0.05) is 23.5 Å². The maximum absolute atomic E-state index is 13.4. The number of rotatable bonds is 10. The smallest absolute Gasteiger partial charge is 0.305 e. The highest BCUT2D eigenvalue weighted by Crippen LogP contribution is 2.27. The maximum atomic E-state index is 13.4. The van der Waals surface area contributed by atoms with Gasteiger partial charge < -0.3 is 10.5 Å². The first-order valence-corrected chi connectivity index (χ1v) is 9.39. The van der Waals surface area contributed by atoms with Crippen LogP contribution in [0.5, 0.6) is 0 Å². The van der Waals surface area contributed by atoms with E-state index in [1.54, 1.807) is 6.07 Å². The Morgan fingerprint density at radius 1 is 1.13 bits per heavy atom. The Morgan fingerprint density at radius 3 is 2.40 bits per heavy atom. The minimum absolute atomic E-state index is 0.0484. The van der Waals surface area contributed by atoms with Crippen LogP contribution < -0.4 is 10.6 Å². The van der Waals surface area contributed by atoms with Gasteiger partial charge in [0.25, 0.3) is 5.91 Å². The van der Waals surface area contributed by atoms with E-state index >= 15 is 0 Å². The average molecular weight is 413 g/mol. The molecule has 0 aliphatic rings. The Kier molecular flexibility index (Phi) is 8.22. The van der Waals surface area contributed by atoms with Gasteiger partial charge in [-0.05, 0) is 61.2 Å². The zero-order valence-electron chi connectivity index (χ0n) is 16.8. The fourth-order valence-electron chi connectivity index (χ4n) is 2.95. The summed E-state index contributed by atoms with van der Waals surface area (Å²) in [6.07, 6.45) is 1.89. The Bertz CT molecular complexity index is 928. The van der Waals surface area contributed by atoms with E-state index in [2.05, 4.69) is 16.5 Å². The molecule has 8 heteroatoms. The number of unbranched alkanes of at least 4 members (excludes halogenated alkanes) is 1. The van der Waals surface area contributed by atoms with Crippen LogP contribution in [0.25, 0.3) is 0 Å². The van der Waals surface area contributed by atoms with E-state index in [1.165, 1.54) is 48.4 Å². The summed E-state index contributed by atoms with van der Waals surface area (Å²) >= 11 is 0. The van der Waals surface area contributed by atoms with Crippen molar-refractivity contribution in [2.75, 3.05) is 17.7 Å². The normalized spacial score (nSPS) is 10.3. The number of nitrogen functional groups attached to an aromatic ring is 1. The minimum atomic E-state index is -0.430. The number of nitroso groups, excluding NO2 is 1. The molecular formula is C22H24FN3O4. The van der Waals surface area contributed by atoms with Gasteiger partial charge in [-0.3, -0.25) is 14.5 Å². The highest BCUT2D eigenvalue weighted by Gasteiger charge is 2.23. The summed E-state index contributed by atoms with van der Waals surface area (Å²) in [4.78, 5) is 36.4. The van der Waals surface area contributed by atoms with Crippen LogP contribution in [0.4, 0.5) is 15.8 Å². The number of anilines is 2. The number of allylic oxidation sites excluding steroid dienone is 1. The molecule has 2 rings (SSSR count). The number of hydrogen-bond donors (Lipinski definition) is 1. The van der Waals surface area contributed by atoms with E-state index in [-0.39, 0.29) is 30.2 Å². The predicted molar refractivity (Wildman–Crippen MR) is 113 cm³/mol. The summed E-state index contributed by atoms with van der Waals surface area (Å²) < 4.78 is 18.0. The number of carbonyl (C=O) groups excluding carboxylic acids is 2. The molecule has 0 fully saturated rings. The molecule has 0 aromatic heterocycles. The van der Waals surface area contributed by atoms with Crippen LogP contribution in [-0.4, -0.2) is 19.0 Å². The van der Waals surface area contributed by atoms with Crippen molar-refractivity contribution in [1.82, 2.24) is 0 Å². The lowest BCUT2D eigenvalue weighted by molar-refractivity contribution is -0.140. The standard InChI is InChI=1S/C22H24FN3O4/c1-15(5-3-4-6-21(27)30-2)26(18-10-8-17(23)9-11-18)22(28)19-12-7-16(14-25-29)13-20(19)24/h7-13H,1,3-6,14,24H2,2H3. The van der Waals surface area contributed by atoms with E-state index in [0.29, 0.717) is 36.2 Å². The quantitative estimate of drug-likeness (QED) is 0.266. The molecule has 0 saturated heterocycles. The van der Waals surface area contributed by atoms with E-state index in [4.69, 9.17) is 5.73 Å². The molecule has 0 heterocycles. The van der Waals surface area contributed by atoms with Crippen molar-refractivity contribution in [3.05, 3.63) is 76.6 Å². The molecule has 0 spiro atoms. The van der Waals surface area contributed by atoms with Crippen molar-refractivity contribution in [2.24, 2.45) is 5.18 Å². The van der Waals surface area contributed by atoms with Crippen LogP contribution in [0.15, 0.2) is 59.9 Å². The summed E-state index contributed by atoms with van der Waals surface area (Å²) in [5.74, 6) is -1.16. The fourth-order valence-corrected chi connectivity index (χ4v) is 2.95. The van der Waals surface area contributed by atoms with Crippen LogP contribution in [-0.2, 0) is 16.1 Å². The van der Waals surface area contributed by atoms with Gasteiger partial charge in [-0.25, -0.2) is 4.39 Å².